The lowest BCUT2D eigenvalue weighted by Crippen LogP contribution is -2.13. The molecule has 94 valence electrons. The summed E-state index contributed by atoms with van der Waals surface area (Å²) in [5.41, 5.74) is 1.19. The van der Waals surface area contributed by atoms with E-state index in [1.54, 1.807) is 6.92 Å². The van der Waals surface area contributed by atoms with Gasteiger partial charge in [-0.05, 0) is 12.8 Å². The second-order valence-corrected chi connectivity index (χ2v) is 5.06. The molecule has 1 aliphatic rings. The molecule has 0 amide bonds. The molecule has 0 radical (unpaired) electrons. The average molecular weight is 236 g/mol. The van der Waals surface area contributed by atoms with Crippen LogP contribution in [0.3, 0.4) is 0 Å². The van der Waals surface area contributed by atoms with Crippen LogP contribution in [0.25, 0.3) is 0 Å². The van der Waals surface area contributed by atoms with Crippen molar-refractivity contribution in [2.75, 3.05) is 0 Å². The van der Waals surface area contributed by atoms with Crippen molar-refractivity contribution in [3.8, 4) is 0 Å². The summed E-state index contributed by atoms with van der Waals surface area (Å²) in [5, 5.41) is 8.86. The number of rotatable bonds is 4. The van der Waals surface area contributed by atoms with Crippen molar-refractivity contribution in [3.63, 3.8) is 0 Å². The molecule has 4 heteroatoms. The van der Waals surface area contributed by atoms with E-state index in [0.717, 1.165) is 5.82 Å². The highest BCUT2D eigenvalue weighted by atomic mass is 16.4. The van der Waals surface area contributed by atoms with Gasteiger partial charge in [0.1, 0.15) is 5.82 Å². The first kappa shape index (κ1) is 12.1. The molecule has 0 aromatic carbocycles. The first-order valence-electron chi connectivity index (χ1n) is 6.43. The minimum absolute atomic E-state index is 0.375. The van der Waals surface area contributed by atoms with Gasteiger partial charge in [0.05, 0.1) is 5.92 Å². The van der Waals surface area contributed by atoms with Crippen molar-refractivity contribution < 1.29 is 9.90 Å². The Balaban J connectivity index is 1.97. The molecule has 1 heterocycles. The zero-order chi connectivity index (χ0) is 12.3. The van der Waals surface area contributed by atoms with Gasteiger partial charge in [-0.3, -0.25) is 4.79 Å². The van der Waals surface area contributed by atoms with Crippen LogP contribution in [0.5, 0.6) is 0 Å². The number of imidazole rings is 1. The normalized spacial score (nSPS) is 19.1. The van der Waals surface area contributed by atoms with Crippen LogP contribution in [0.4, 0.5) is 0 Å². The van der Waals surface area contributed by atoms with Crippen LogP contribution in [0, 0.1) is 5.92 Å². The van der Waals surface area contributed by atoms with E-state index in [1.807, 2.05) is 6.20 Å². The monoisotopic (exact) mass is 236 g/mol. The molecule has 1 aromatic heterocycles. The molecule has 1 aromatic rings. The van der Waals surface area contributed by atoms with Crippen LogP contribution in [0.1, 0.15) is 56.5 Å². The lowest BCUT2D eigenvalue weighted by atomic mass is 9.87. The maximum Gasteiger partial charge on any atom is 0.306 e. The number of H-pyrrole nitrogens is 1. The highest BCUT2D eigenvalue weighted by Crippen LogP contribution is 2.31. The number of aromatic amines is 1. The SMILES string of the molecule is CC(Cc1ncc(C2CCCCC2)[nH]1)C(=O)O. The molecule has 1 aliphatic carbocycles. The third-order valence-electron chi connectivity index (χ3n) is 3.61. The van der Waals surface area contributed by atoms with Crippen molar-refractivity contribution >= 4 is 5.97 Å². The Kier molecular flexibility index (Phi) is 3.82. The second kappa shape index (κ2) is 5.34. The van der Waals surface area contributed by atoms with Gasteiger partial charge in [-0.15, -0.1) is 0 Å². The standard InChI is InChI=1S/C13H20N2O2/c1-9(13(16)17)7-12-14-8-11(15-12)10-5-3-2-4-6-10/h8-10H,2-7H2,1H3,(H,14,15)(H,16,17). The Labute approximate surface area is 101 Å². The number of nitrogens with one attached hydrogen (secondary N) is 1. The number of carboxylic acids is 1. The van der Waals surface area contributed by atoms with Crippen LogP contribution in [0.15, 0.2) is 6.20 Å². The Morgan fingerprint density at radius 2 is 2.24 bits per heavy atom. The Bertz CT molecular complexity index is 381. The van der Waals surface area contributed by atoms with E-state index in [9.17, 15) is 4.79 Å². The van der Waals surface area contributed by atoms with Gasteiger partial charge < -0.3 is 10.1 Å². The van der Waals surface area contributed by atoms with E-state index in [2.05, 4.69) is 9.97 Å². The fraction of sp³-hybridized carbons (Fsp3) is 0.692. The molecule has 1 fully saturated rings. The summed E-state index contributed by atoms with van der Waals surface area (Å²) in [5.74, 6) is 0.270. The maximum atomic E-state index is 10.8. The summed E-state index contributed by atoms with van der Waals surface area (Å²) in [7, 11) is 0. The summed E-state index contributed by atoms with van der Waals surface area (Å²) >= 11 is 0. The van der Waals surface area contributed by atoms with E-state index in [-0.39, 0.29) is 5.92 Å². The molecule has 4 nitrogen and oxygen atoms in total. The van der Waals surface area contributed by atoms with Crippen LogP contribution >= 0.6 is 0 Å². The zero-order valence-corrected chi connectivity index (χ0v) is 10.3. The second-order valence-electron chi connectivity index (χ2n) is 5.06. The largest absolute Gasteiger partial charge is 0.481 e. The van der Waals surface area contributed by atoms with Gasteiger partial charge in [-0.25, -0.2) is 4.98 Å². The molecule has 2 rings (SSSR count). The Morgan fingerprint density at radius 3 is 2.88 bits per heavy atom. The number of carboxylic acid groups (broad SMARTS) is 1. The molecule has 1 saturated carbocycles. The number of hydrogen-bond donors (Lipinski definition) is 2. The van der Waals surface area contributed by atoms with Crippen molar-refractivity contribution in [1.82, 2.24) is 9.97 Å². The third-order valence-corrected chi connectivity index (χ3v) is 3.61. The van der Waals surface area contributed by atoms with Crippen molar-refractivity contribution in [2.24, 2.45) is 5.92 Å². The first-order valence-corrected chi connectivity index (χ1v) is 6.43. The van der Waals surface area contributed by atoms with Crippen molar-refractivity contribution in [1.29, 1.82) is 0 Å². The summed E-state index contributed by atoms with van der Waals surface area (Å²) < 4.78 is 0. The quantitative estimate of drug-likeness (QED) is 0.844. The molecule has 0 spiro atoms. The summed E-state index contributed by atoms with van der Waals surface area (Å²) in [6.07, 6.45) is 8.77. The molecule has 2 N–H and O–H groups in total. The minimum Gasteiger partial charge on any atom is -0.481 e. The molecular formula is C13H20N2O2. The fourth-order valence-electron chi connectivity index (χ4n) is 2.48. The van der Waals surface area contributed by atoms with Gasteiger partial charge in [0.2, 0.25) is 0 Å². The van der Waals surface area contributed by atoms with Gasteiger partial charge in [-0.2, -0.15) is 0 Å². The maximum absolute atomic E-state index is 10.8. The van der Waals surface area contributed by atoms with Crippen LogP contribution in [-0.4, -0.2) is 21.0 Å². The number of carbonyl (C=O) groups is 1. The molecule has 1 atom stereocenters. The summed E-state index contributed by atoms with van der Waals surface area (Å²) in [6, 6.07) is 0. The predicted molar refractivity (Wildman–Crippen MR) is 64.9 cm³/mol. The van der Waals surface area contributed by atoms with E-state index in [4.69, 9.17) is 5.11 Å². The number of aliphatic carboxylic acids is 1. The smallest absolute Gasteiger partial charge is 0.306 e. The Hall–Kier alpha value is -1.32. The minimum atomic E-state index is -0.763. The zero-order valence-electron chi connectivity index (χ0n) is 10.3. The van der Waals surface area contributed by atoms with Crippen molar-refractivity contribution in [2.45, 2.75) is 51.4 Å². The van der Waals surface area contributed by atoms with Gasteiger partial charge in [0.25, 0.3) is 0 Å². The van der Waals surface area contributed by atoms with Gasteiger partial charge in [0, 0.05) is 24.2 Å². The van der Waals surface area contributed by atoms with Gasteiger partial charge in [0.15, 0.2) is 0 Å². The van der Waals surface area contributed by atoms with E-state index >= 15 is 0 Å². The molecule has 0 aliphatic heterocycles. The van der Waals surface area contributed by atoms with E-state index < -0.39 is 5.97 Å². The topological polar surface area (TPSA) is 66.0 Å². The molecular weight excluding hydrogens is 216 g/mol. The number of nitrogens with zero attached hydrogens (tertiary/aromatic N) is 1. The molecule has 0 saturated heterocycles. The number of aromatic nitrogens is 2. The summed E-state index contributed by atoms with van der Waals surface area (Å²) in [4.78, 5) is 18.4. The van der Waals surface area contributed by atoms with Gasteiger partial charge in [-0.1, -0.05) is 26.2 Å². The van der Waals surface area contributed by atoms with Crippen LogP contribution in [0.2, 0.25) is 0 Å². The van der Waals surface area contributed by atoms with Gasteiger partial charge >= 0.3 is 5.97 Å². The van der Waals surface area contributed by atoms with Crippen molar-refractivity contribution in [3.05, 3.63) is 17.7 Å². The predicted octanol–water partition coefficient (Wildman–Crippen LogP) is 2.72. The lowest BCUT2D eigenvalue weighted by Gasteiger charge is -2.19. The lowest BCUT2D eigenvalue weighted by molar-refractivity contribution is -0.141. The highest BCUT2D eigenvalue weighted by Gasteiger charge is 2.19. The third kappa shape index (κ3) is 3.08. The van der Waals surface area contributed by atoms with Crippen LogP contribution < -0.4 is 0 Å². The highest BCUT2D eigenvalue weighted by molar-refractivity contribution is 5.69. The molecule has 0 bridgehead atoms. The number of hydrogen-bond acceptors (Lipinski definition) is 2. The fourth-order valence-corrected chi connectivity index (χ4v) is 2.48. The first-order chi connectivity index (χ1) is 8.16. The summed E-state index contributed by atoms with van der Waals surface area (Å²) in [6.45, 7) is 1.71. The molecule has 1 unspecified atom stereocenters. The van der Waals surface area contributed by atoms with E-state index in [0.29, 0.717) is 12.3 Å². The Morgan fingerprint density at radius 1 is 1.53 bits per heavy atom. The molecule has 17 heavy (non-hydrogen) atoms. The average Bonchev–Trinajstić information content (AvgIpc) is 2.78. The van der Waals surface area contributed by atoms with E-state index in [1.165, 1.54) is 37.8 Å². The van der Waals surface area contributed by atoms with Crippen LogP contribution in [-0.2, 0) is 11.2 Å².